The van der Waals surface area contributed by atoms with Gasteiger partial charge in [0.15, 0.2) is 0 Å². The number of nitrogens with one attached hydrogen (secondary N) is 1. The third kappa shape index (κ3) is 2.99. The average Bonchev–Trinajstić information content (AvgIpc) is 2.95. The zero-order valence-electron chi connectivity index (χ0n) is 15.6. The van der Waals surface area contributed by atoms with Gasteiger partial charge in [0, 0.05) is 30.1 Å². The lowest BCUT2D eigenvalue weighted by atomic mass is 9.97. The largest absolute Gasteiger partial charge is 0.497 e. The third-order valence-corrected chi connectivity index (χ3v) is 6.05. The predicted molar refractivity (Wildman–Crippen MR) is 96.5 cm³/mol. The Morgan fingerprint density at radius 2 is 1.96 bits per heavy atom. The molecule has 0 aromatic heterocycles. The van der Waals surface area contributed by atoms with Crippen molar-refractivity contribution >= 4 is 5.91 Å². The van der Waals surface area contributed by atoms with E-state index in [9.17, 15) is 4.79 Å². The summed E-state index contributed by atoms with van der Waals surface area (Å²) in [6.07, 6.45) is 5.37. The van der Waals surface area contributed by atoms with Crippen molar-refractivity contribution in [1.29, 1.82) is 0 Å². The van der Waals surface area contributed by atoms with Crippen LogP contribution in [0.2, 0.25) is 0 Å². The van der Waals surface area contributed by atoms with E-state index < -0.39 is 0 Å². The van der Waals surface area contributed by atoms with E-state index in [2.05, 4.69) is 31.1 Å². The van der Waals surface area contributed by atoms with Crippen LogP contribution in [0.1, 0.15) is 55.5 Å². The van der Waals surface area contributed by atoms with Gasteiger partial charge in [0.05, 0.1) is 12.7 Å². The molecule has 1 N–H and O–H groups in total. The molecule has 4 rings (SSSR count). The molecule has 5 heteroatoms. The van der Waals surface area contributed by atoms with Gasteiger partial charge < -0.3 is 19.7 Å². The number of fused-ring (bicyclic) bond motifs is 3. The Morgan fingerprint density at radius 1 is 1.28 bits per heavy atom. The summed E-state index contributed by atoms with van der Waals surface area (Å²) >= 11 is 0. The first kappa shape index (κ1) is 16.7. The minimum Gasteiger partial charge on any atom is -0.497 e. The molecule has 2 fully saturated rings. The van der Waals surface area contributed by atoms with Crippen LogP contribution in [-0.2, 0) is 6.42 Å². The summed E-state index contributed by atoms with van der Waals surface area (Å²) in [5, 5.41) is 3.26. The molecule has 0 saturated carbocycles. The van der Waals surface area contributed by atoms with E-state index in [0.717, 1.165) is 30.6 Å². The second-order valence-corrected chi connectivity index (χ2v) is 8.39. The van der Waals surface area contributed by atoms with Gasteiger partial charge in [-0.2, -0.15) is 0 Å². The van der Waals surface area contributed by atoms with E-state index in [0.29, 0.717) is 23.4 Å². The first-order valence-electron chi connectivity index (χ1n) is 9.29. The van der Waals surface area contributed by atoms with Crippen molar-refractivity contribution in [2.24, 2.45) is 0 Å². The first-order valence-corrected chi connectivity index (χ1v) is 9.29. The van der Waals surface area contributed by atoms with E-state index in [-0.39, 0.29) is 17.6 Å². The summed E-state index contributed by atoms with van der Waals surface area (Å²) in [5.41, 5.74) is 1.38. The molecule has 2 bridgehead atoms. The molecule has 1 unspecified atom stereocenters. The molecule has 1 aromatic carbocycles. The van der Waals surface area contributed by atoms with Gasteiger partial charge in [-0.05, 0) is 58.7 Å². The zero-order valence-corrected chi connectivity index (χ0v) is 15.6. The van der Waals surface area contributed by atoms with Gasteiger partial charge in [-0.15, -0.1) is 0 Å². The highest BCUT2D eigenvalue weighted by atomic mass is 16.5. The van der Waals surface area contributed by atoms with Crippen LogP contribution in [0, 0.1) is 0 Å². The summed E-state index contributed by atoms with van der Waals surface area (Å²) in [6.45, 7) is 4.10. The van der Waals surface area contributed by atoms with Crippen LogP contribution in [0.5, 0.6) is 11.5 Å². The summed E-state index contributed by atoms with van der Waals surface area (Å²) in [5.74, 6) is 1.40. The van der Waals surface area contributed by atoms with Crippen LogP contribution in [0.4, 0.5) is 0 Å². The van der Waals surface area contributed by atoms with Crippen LogP contribution in [-0.4, -0.2) is 48.7 Å². The molecule has 2 saturated heterocycles. The lowest BCUT2D eigenvalue weighted by Gasteiger charge is -2.36. The Balaban J connectivity index is 1.56. The van der Waals surface area contributed by atoms with Crippen LogP contribution in [0.3, 0.4) is 0 Å². The molecule has 3 aliphatic rings. The first-order chi connectivity index (χ1) is 11.9. The van der Waals surface area contributed by atoms with E-state index in [1.807, 2.05) is 6.07 Å². The second-order valence-electron chi connectivity index (χ2n) is 8.39. The van der Waals surface area contributed by atoms with Gasteiger partial charge in [-0.3, -0.25) is 4.79 Å². The maximum Gasteiger partial charge on any atom is 0.255 e. The number of hydrogen-bond donors (Lipinski definition) is 1. The molecule has 25 heavy (non-hydrogen) atoms. The maximum absolute atomic E-state index is 13.0. The maximum atomic E-state index is 13.0. The predicted octanol–water partition coefficient (Wildman–Crippen LogP) is 2.76. The standard InChI is InChI=1S/C20H28N2O3/c1-20(2)11-12-7-16(24-4)10-17(18(12)25-20)19(23)21-13-8-14-5-6-15(9-13)22(14)3/h7,10,13-15H,5-6,8-9,11H2,1-4H3,(H,21,23)/t13?,14-,15+. The molecular weight excluding hydrogens is 316 g/mol. The molecule has 5 nitrogen and oxygen atoms in total. The number of nitrogens with zero attached hydrogens (tertiary/aromatic N) is 1. The number of carbonyl (C=O) groups excluding carboxylic acids is 1. The van der Waals surface area contributed by atoms with Crippen LogP contribution < -0.4 is 14.8 Å². The van der Waals surface area contributed by atoms with Gasteiger partial charge >= 0.3 is 0 Å². The molecule has 1 aromatic rings. The zero-order chi connectivity index (χ0) is 17.8. The number of rotatable bonds is 3. The van der Waals surface area contributed by atoms with E-state index >= 15 is 0 Å². The van der Waals surface area contributed by atoms with Crippen molar-refractivity contribution in [2.45, 2.75) is 69.7 Å². The Morgan fingerprint density at radius 3 is 2.60 bits per heavy atom. The van der Waals surface area contributed by atoms with Gasteiger partial charge in [-0.1, -0.05) is 0 Å². The Labute approximate surface area is 149 Å². The number of amides is 1. The molecule has 0 spiro atoms. The van der Waals surface area contributed by atoms with E-state index in [1.54, 1.807) is 13.2 Å². The Kier molecular flexibility index (Phi) is 3.95. The highest BCUT2D eigenvalue weighted by molar-refractivity contribution is 5.98. The molecule has 3 atom stereocenters. The fourth-order valence-corrected chi connectivity index (χ4v) is 4.76. The fraction of sp³-hybridized carbons (Fsp3) is 0.650. The second kappa shape index (κ2) is 5.90. The molecule has 3 heterocycles. The smallest absolute Gasteiger partial charge is 0.255 e. The molecule has 136 valence electrons. The van der Waals surface area contributed by atoms with Crippen LogP contribution in [0.15, 0.2) is 12.1 Å². The highest BCUT2D eigenvalue weighted by Crippen LogP contribution is 2.40. The number of ether oxygens (including phenoxy) is 2. The molecule has 3 aliphatic heterocycles. The number of benzene rings is 1. The summed E-state index contributed by atoms with van der Waals surface area (Å²) < 4.78 is 11.5. The normalized spacial score (nSPS) is 29.8. The van der Waals surface area contributed by atoms with Crippen LogP contribution >= 0.6 is 0 Å². The monoisotopic (exact) mass is 344 g/mol. The lowest BCUT2D eigenvalue weighted by molar-refractivity contribution is 0.0870. The summed E-state index contributed by atoms with van der Waals surface area (Å²) in [4.78, 5) is 15.5. The van der Waals surface area contributed by atoms with Crippen LogP contribution in [0.25, 0.3) is 0 Å². The van der Waals surface area contributed by atoms with Gasteiger partial charge in [0.25, 0.3) is 5.91 Å². The number of carbonyl (C=O) groups is 1. The Bertz CT molecular complexity index is 686. The van der Waals surface area contributed by atoms with Gasteiger partial charge in [0.1, 0.15) is 17.1 Å². The quantitative estimate of drug-likeness (QED) is 0.916. The van der Waals surface area contributed by atoms with E-state index in [1.165, 1.54) is 12.8 Å². The minimum absolute atomic E-state index is 0.0400. The van der Waals surface area contributed by atoms with Gasteiger partial charge in [-0.25, -0.2) is 0 Å². The topological polar surface area (TPSA) is 50.8 Å². The molecule has 1 amide bonds. The molecular formula is C20H28N2O3. The lowest BCUT2D eigenvalue weighted by Crippen LogP contribution is -2.48. The van der Waals surface area contributed by atoms with Crippen molar-refractivity contribution in [3.63, 3.8) is 0 Å². The number of piperidine rings is 1. The van der Waals surface area contributed by atoms with Crippen molar-refractivity contribution in [3.8, 4) is 11.5 Å². The summed E-state index contributed by atoms with van der Waals surface area (Å²) in [6, 6.07) is 5.25. The van der Waals surface area contributed by atoms with Crippen molar-refractivity contribution in [1.82, 2.24) is 10.2 Å². The Hall–Kier alpha value is -1.75. The number of hydrogen-bond acceptors (Lipinski definition) is 4. The summed E-state index contributed by atoms with van der Waals surface area (Å²) in [7, 11) is 3.85. The van der Waals surface area contributed by atoms with Gasteiger partial charge in [0.2, 0.25) is 0 Å². The minimum atomic E-state index is -0.281. The van der Waals surface area contributed by atoms with Crippen molar-refractivity contribution < 1.29 is 14.3 Å². The average molecular weight is 344 g/mol. The highest BCUT2D eigenvalue weighted by Gasteiger charge is 2.40. The number of methoxy groups -OCH3 is 1. The SMILES string of the molecule is COc1cc2c(c(C(=O)NC3C[C@H]4CC[C@@H](C3)N4C)c1)OC(C)(C)C2. The molecule has 0 aliphatic carbocycles. The molecule has 0 radical (unpaired) electrons. The van der Waals surface area contributed by atoms with Crippen molar-refractivity contribution in [2.75, 3.05) is 14.2 Å². The third-order valence-electron chi connectivity index (χ3n) is 6.05. The van der Waals surface area contributed by atoms with E-state index in [4.69, 9.17) is 9.47 Å². The fourth-order valence-electron chi connectivity index (χ4n) is 4.76. The van der Waals surface area contributed by atoms with Crippen molar-refractivity contribution in [3.05, 3.63) is 23.3 Å².